The van der Waals surface area contributed by atoms with Crippen LogP contribution in [-0.4, -0.2) is 48.0 Å². The number of hydrogen-bond donors (Lipinski definition) is 2. The highest BCUT2D eigenvalue weighted by Crippen LogP contribution is 2.46. The molecule has 6 rings (SSSR count). The van der Waals surface area contributed by atoms with Crippen LogP contribution in [0.5, 0.6) is 0 Å². The molecule has 1 aliphatic carbocycles. The Morgan fingerprint density at radius 1 is 1.19 bits per heavy atom. The van der Waals surface area contributed by atoms with E-state index in [2.05, 4.69) is 21.3 Å². The number of aliphatic hydroxyl groups is 1. The van der Waals surface area contributed by atoms with Gasteiger partial charge in [0, 0.05) is 42.8 Å². The van der Waals surface area contributed by atoms with E-state index >= 15 is 4.39 Å². The maximum Gasteiger partial charge on any atom is 0.278 e. The molecule has 0 bridgehead atoms. The third kappa shape index (κ3) is 4.03. The molecule has 3 aliphatic rings. The second-order valence-electron chi connectivity index (χ2n) is 10.8. The predicted octanol–water partition coefficient (Wildman–Crippen LogP) is 5.05. The number of alkyl halides is 2. The molecule has 2 saturated heterocycles. The highest BCUT2D eigenvalue weighted by molar-refractivity contribution is 5.96. The van der Waals surface area contributed by atoms with Crippen LogP contribution >= 0.6 is 0 Å². The molecule has 9 heteroatoms. The molecule has 1 aromatic heterocycles. The van der Waals surface area contributed by atoms with Gasteiger partial charge in [0.2, 0.25) is 0 Å². The van der Waals surface area contributed by atoms with E-state index in [-0.39, 0.29) is 11.0 Å². The van der Waals surface area contributed by atoms with Crippen molar-refractivity contribution in [3.63, 3.8) is 0 Å². The van der Waals surface area contributed by atoms with Crippen molar-refractivity contribution in [2.45, 2.75) is 51.5 Å². The normalized spacial score (nSPS) is 19.0. The molecule has 1 spiro atoms. The summed E-state index contributed by atoms with van der Waals surface area (Å²) in [7, 11) is 0. The van der Waals surface area contributed by atoms with Crippen LogP contribution in [0, 0.1) is 18.2 Å². The maximum atomic E-state index is 15.3. The molecular weight excluding hydrogens is 481 g/mol. The first-order valence-electron chi connectivity index (χ1n) is 12.9. The monoisotopic (exact) mass is 512 g/mol. The fourth-order valence-corrected chi connectivity index (χ4v) is 6.08. The number of hydrogen-bond acceptors (Lipinski definition) is 6. The summed E-state index contributed by atoms with van der Waals surface area (Å²) in [5.74, 6) is -3.25. The van der Waals surface area contributed by atoms with Gasteiger partial charge in [0.15, 0.2) is 0 Å². The highest BCUT2D eigenvalue weighted by Gasteiger charge is 2.49. The van der Waals surface area contributed by atoms with Crippen molar-refractivity contribution in [2.24, 2.45) is 5.41 Å². The molecule has 2 fully saturated rings. The SMILES string of the molecule is Cc1nc(NC(C)c2cccc(C(F)(F)CCO)c2F)c2cc(N3CC4(COC4)C3)c3c(c2n1)CCC3. The summed E-state index contributed by atoms with van der Waals surface area (Å²) in [5, 5.41) is 13.2. The van der Waals surface area contributed by atoms with Crippen molar-refractivity contribution in [1.82, 2.24) is 9.97 Å². The van der Waals surface area contributed by atoms with E-state index in [1.807, 2.05) is 6.92 Å². The number of anilines is 2. The van der Waals surface area contributed by atoms with Crippen LogP contribution in [0.25, 0.3) is 10.9 Å². The number of halogens is 3. The summed E-state index contributed by atoms with van der Waals surface area (Å²) in [5.41, 5.74) is 4.40. The quantitative estimate of drug-likeness (QED) is 0.462. The van der Waals surface area contributed by atoms with Crippen molar-refractivity contribution in [1.29, 1.82) is 0 Å². The number of fused-ring (bicyclic) bond motifs is 3. The summed E-state index contributed by atoms with van der Waals surface area (Å²) in [4.78, 5) is 11.9. The lowest BCUT2D eigenvalue weighted by molar-refractivity contribution is -0.127. The number of rotatable bonds is 7. The third-order valence-electron chi connectivity index (χ3n) is 8.03. The number of nitrogens with zero attached hydrogens (tertiary/aromatic N) is 3. The van der Waals surface area contributed by atoms with Gasteiger partial charge in [-0.05, 0) is 50.3 Å². The van der Waals surface area contributed by atoms with Gasteiger partial charge in [0.1, 0.15) is 17.5 Å². The topological polar surface area (TPSA) is 70.5 Å². The van der Waals surface area contributed by atoms with Crippen LogP contribution in [0.2, 0.25) is 0 Å². The zero-order chi connectivity index (χ0) is 25.9. The zero-order valence-corrected chi connectivity index (χ0v) is 21.1. The molecule has 1 unspecified atom stereocenters. The number of benzene rings is 2. The molecular formula is C28H31F3N4O2. The Labute approximate surface area is 213 Å². The Hall–Kier alpha value is -2.91. The van der Waals surface area contributed by atoms with Gasteiger partial charge >= 0.3 is 0 Å². The molecule has 196 valence electrons. The molecule has 2 aliphatic heterocycles. The molecule has 37 heavy (non-hydrogen) atoms. The smallest absolute Gasteiger partial charge is 0.278 e. The lowest BCUT2D eigenvalue weighted by atomic mass is 9.77. The van der Waals surface area contributed by atoms with Crippen LogP contribution in [-0.2, 0) is 23.5 Å². The average Bonchev–Trinajstić information content (AvgIpc) is 3.28. The highest BCUT2D eigenvalue weighted by atomic mass is 19.3. The maximum absolute atomic E-state index is 15.3. The Morgan fingerprint density at radius 3 is 2.65 bits per heavy atom. The van der Waals surface area contributed by atoms with Gasteiger partial charge in [0.25, 0.3) is 5.92 Å². The summed E-state index contributed by atoms with van der Waals surface area (Å²) in [6, 6.07) is 5.52. The molecule has 0 radical (unpaired) electrons. The molecule has 1 atom stereocenters. The van der Waals surface area contributed by atoms with E-state index in [4.69, 9.17) is 14.8 Å². The summed E-state index contributed by atoms with van der Waals surface area (Å²) < 4.78 is 49.7. The number of aromatic nitrogens is 2. The second kappa shape index (κ2) is 8.84. The summed E-state index contributed by atoms with van der Waals surface area (Å²) >= 11 is 0. The van der Waals surface area contributed by atoms with Crippen molar-refractivity contribution in [3.05, 3.63) is 58.2 Å². The first-order valence-corrected chi connectivity index (χ1v) is 12.9. The van der Waals surface area contributed by atoms with Crippen molar-refractivity contribution >= 4 is 22.4 Å². The lowest BCUT2D eigenvalue weighted by Gasteiger charge is -2.56. The van der Waals surface area contributed by atoms with Gasteiger partial charge < -0.3 is 20.1 Å². The Balaban J connectivity index is 1.38. The van der Waals surface area contributed by atoms with E-state index in [1.165, 1.54) is 28.9 Å². The molecule has 2 N–H and O–H groups in total. The number of aryl methyl sites for hydroxylation is 2. The fourth-order valence-electron chi connectivity index (χ4n) is 6.08. The molecule has 3 heterocycles. The second-order valence-corrected chi connectivity index (χ2v) is 10.8. The van der Waals surface area contributed by atoms with E-state index < -0.39 is 36.4 Å². The number of aliphatic hydroxyl groups excluding tert-OH is 1. The summed E-state index contributed by atoms with van der Waals surface area (Å²) in [6.45, 7) is 6.40. The van der Waals surface area contributed by atoms with E-state index in [0.29, 0.717) is 11.6 Å². The van der Waals surface area contributed by atoms with Gasteiger partial charge in [0.05, 0.1) is 35.8 Å². The van der Waals surface area contributed by atoms with E-state index in [0.717, 1.165) is 62.5 Å². The van der Waals surface area contributed by atoms with Gasteiger partial charge in [-0.25, -0.2) is 23.1 Å². The Kier molecular flexibility index (Phi) is 5.84. The van der Waals surface area contributed by atoms with Crippen molar-refractivity contribution in [2.75, 3.05) is 43.1 Å². The lowest BCUT2D eigenvalue weighted by Crippen LogP contribution is -2.66. The van der Waals surface area contributed by atoms with Gasteiger partial charge in [-0.1, -0.05) is 18.2 Å². The minimum absolute atomic E-state index is 0.121. The Morgan fingerprint density at radius 2 is 1.95 bits per heavy atom. The minimum Gasteiger partial charge on any atom is -0.396 e. The van der Waals surface area contributed by atoms with Gasteiger partial charge in [-0.2, -0.15) is 0 Å². The summed E-state index contributed by atoms with van der Waals surface area (Å²) in [6.07, 6.45) is 2.21. The van der Waals surface area contributed by atoms with Crippen molar-refractivity contribution in [3.8, 4) is 0 Å². The van der Waals surface area contributed by atoms with Crippen molar-refractivity contribution < 1.29 is 23.0 Å². The molecule has 2 aromatic carbocycles. The van der Waals surface area contributed by atoms with Crippen LogP contribution in [0.15, 0.2) is 24.3 Å². The first-order chi connectivity index (χ1) is 17.7. The largest absolute Gasteiger partial charge is 0.396 e. The van der Waals surface area contributed by atoms with Gasteiger partial charge in [-0.15, -0.1) is 0 Å². The number of ether oxygens (including phenoxy) is 1. The first kappa shape index (κ1) is 24.4. The standard InChI is InChI=1S/C28H31F3N4O2/c1-16(18-5-4-8-22(24(18)29)28(30,31)9-10-36)32-26-21-11-23(35-12-27(13-35)14-37-15-27)19-6-3-7-20(19)25(21)33-17(2)34-26/h4-5,8,11,16,36H,3,6-7,9-10,12-15H2,1-2H3,(H,32,33,34). The van der Waals surface area contributed by atoms with E-state index in [1.54, 1.807) is 6.92 Å². The fraction of sp³-hybridized carbons (Fsp3) is 0.500. The van der Waals surface area contributed by atoms with Crippen LogP contribution < -0.4 is 10.2 Å². The Bertz CT molecular complexity index is 1370. The molecule has 6 nitrogen and oxygen atoms in total. The van der Waals surface area contributed by atoms with Crippen LogP contribution in [0.1, 0.15) is 53.9 Å². The van der Waals surface area contributed by atoms with Crippen LogP contribution in [0.4, 0.5) is 24.7 Å². The third-order valence-corrected chi connectivity index (χ3v) is 8.03. The predicted molar refractivity (Wildman–Crippen MR) is 136 cm³/mol. The minimum atomic E-state index is -3.46. The zero-order valence-electron chi connectivity index (χ0n) is 21.1. The average molecular weight is 513 g/mol. The van der Waals surface area contributed by atoms with Gasteiger partial charge in [-0.3, -0.25) is 0 Å². The molecule has 0 saturated carbocycles. The van der Waals surface area contributed by atoms with Crippen LogP contribution in [0.3, 0.4) is 0 Å². The number of nitrogens with one attached hydrogen (secondary N) is 1. The van der Waals surface area contributed by atoms with E-state index in [9.17, 15) is 8.78 Å². The molecule has 0 amide bonds. The molecule has 3 aromatic rings.